The van der Waals surface area contributed by atoms with Crippen LogP contribution in [0.2, 0.25) is 0 Å². The van der Waals surface area contributed by atoms with Gasteiger partial charge in [-0.1, -0.05) is 5.21 Å². The molecule has 0 spiro atoms. The minimum atomic E-state index is -4.12. The molecule has 0 bridgehead atoms. The summed E-state index contributed by atoms with van der Waals surface area (Å²) in [5, 5.41) is 7.28. The molecule has 0 amide bonds. The molecule has 2 N–H and O–H groups in total. The zero-order valence-electron chi connectivity index (χ0n) is 8.82. The molecule has 0 fully saturated rings. The van der Waals surface area contributed by atoms with E-state index >= 15 is 0 Å². The largest absolute Gasteiger partial charge is 0.373 e. The van der Waals surface area contributed by atoms with E-state index in [1.165, 1.54) is 10.9 Å². The predicted molar refractivity (Wildman–Crippen MR) is 49.7 cm³/mol. The maximum Gasteiger partial charge on any atom is 0.330 e. The van der Waals surface area contributed by atoms with Crippen molar-refractivity contribution in [2.75, 3.05) is 13.2 Å². The van der Waals surface area contributed by atoms with Crippen LogP contribution in [0.1, 0.15) is 5.69 Å². The Kier molecular flexibility index (Phi) is 4.82. The van der Waals surface area contributed by atoms with Gasteiger partial charge >= 0.3 is 12.3 Å². The van der Waals surface area contributed by atoms with Gasteiger partial charge in [0.25, 0.3) is 0 Å². The normalized spacial score (nSPS) is 12.4. The average molecular weight is 256 g/mol. The van der Waals surface area contributed by atoms with Crippen LogP contribution in [0, 0.1) is 0 Å². The molecule has 0 aromatic carbocycles. The van der Waals surface area contributed by atoms with E-state index in [1.807, 2.05) is 0 Å². The summed E-state index contributed by atoms with van der Waals surface area (Å²) in [4.78, 5) is 0. The molecule has 5 nitrogen and oxygen atoms in total. The van der Waals surface area contributed by atoms with Crippen LogP contribution in [-0.4, -0.2) is 40.6 Å². The Morgan fingerprint density at radius 3 is 2.71 bits per heavy atom. The average Bonchev–Trinajstić information content (AvgIpc) is 2.72. The molecule has 0 aliphatic heterocycles. The van der Waals surface area contributed by atoms with E-state index in [1.54, 1.807) is 0 Å². The molecule has 0 saturated heterocycles. The molecule has 17 heavy (non-hydrogen) atoms. The molecule has 0 saturated carbocycles. The molecule has 0 radical (unpaired) electrons. The van der Waals surface area contributed by atoms with Gasteiger partial charge in [0.05, 0.1) is 18.8 Å². The molecule has 1 aromatic rings. The van der Waals surface area contributed by atoms with Gasteiger partial charge in [-0.3, -0.25) is 0 Å². The number of alkyl halides is 4. The van der Waals surface area contributed by atoms with Crippen LogP contribution in [0.5, 0.6) is 0 Å². The van der Waals surface area contributed by atoms with Gasteiger partial charge in [-0.15, -0.1) is 5.10 Å². The highest BCUT2D eigenvalue weighted by Gasteiger charge is 2.40. The fourth-order valence-electron chi connectivity index (χ4n) is 0.971. The quantitative estimate of drug-likeness (QED) is 0.574. The zero-order valence-corrected chi connectivity index (χ0v) is 8.82. The molecular formula is C8H12F4N4O. The summed E-state index contributed by atoms with van der Waals surface area (Å²) in [5.74, 6) is -4.12. The Morgan fingerprint density at radius 2 is 2.18 bits per heavy atom. The Morgan fingerprint density at radius 1 is 1.47 bits per heavy atom. The van der Waals surface area contributed by atoms with E-state index < -0.39 is 19.0 Å². The molecule has 0 unspecified atom stereocenters. The van der Waals surface area contributed by atoms with Crippen molar-refractivity contribution in [1.29, 1.82) is 0 Å². The number of hydrogen-bond acceptors (Lipinski definition) is 4. The van der Waals surface area contributed by atoms with E-state index in [0.29, 0.717) is 5.69 Å². The minimum absolute atomic E-state index is 0.145. The van der Waals surface area contributed by atoms with Crippen LogP contribution >= 0.6 is 0 Å². The first-order valence-electron chi connectivity index (χ1n) is 4.78. The van der Waals surface area contributed by atoms with Gasteiger partial charge in [0.15, 0.2) is 0 Å². The topological polar surface area (TPSA) is 66.0 Å². The standard InChI is InChI=1S/C8H12F4N4O/c9-7(10)8(11,12)5-17-2-1-16-4-6(3-13)14-15-16/h4,7H,1-3,5,13H2. The first kappa shape index (κ1) is 13.8. The SMILES string of the molecule is NCc1cn(CCOCC(F)(F)C(F)F)nn1. The van der Waals surface area contributed by atoms with Crippen molar-refractivity contribution in [1.82, 2.24) is 15.0 Å². The van der Waals surface area contributed by atoms with Crippen molar-refractivity contribution in [3.05, 3.63) is 11.9 Å². The number of nitrogens with zero attached hydrogens (tertiary/aromatic N) is 3. The van der Waals surface area contributed by atoms with E-state index in [0.717, 1.165) is 0 Å². The summed E-state index contributed by atoms with van der Waals surface area (Å²) in [6, 6.07) is 0. The molecule has 0 atom stereocenters. The number of hydrogen-bond donors (Lipinski definition) is 1. The van der Waals surface area contributed by atoms with Crippen molar-refractivity contribution in [3.63, 3.8) is 0 Å². The van der Waals surface area contributed by atoms with Crippen LogP contribution in [0.3, 0.4) is 0 Å². The summed E-state index contributed by atoms with van der Waals surface area (Å²) in [6.07, 6.45) is -2.20. The van der Waals surface area contributed by atoms with Gasteiger partial charge in [0.1, 0.15) is 6.61 Å². The Hall–Kier alpha value is -1.22. The summed E-state index contributed by atoms with van der Waals surface area (Å²) in [6.45, 7) is -1.12. The van der Waals surface area contributed by atoms with Gasteiger partial charge < -0.3 is 10.5 Å². The second-order valence-electron chi connectivity index (χ2n) is 3.29. The first-order chi connectivity index (χ1) is 7.95. The minimum Gasteiger partial charge on any atom is -0.373 e. The van der Waals surface area contributed by atoms with E-state index in [-0.39, 0.29) is 19.7 Å². The summed E-state index contributed by atoms with van der Waals surface area (Å²) in [5.41, 5.74) is 5.82. The number of nitrogens with two attached hydrogens (primary N) is 1. The fourth-order valence-corrected chi connectivity index (χ4v) is 0.971. The lowest BCUT2D eigenvalue weighted by molar-refractivity contribution is -0.166. The molecule has 1 heterocycles. The second kappa shape index (κ2) is 5.92. The van der Waals surface area contributed by atoms with Gasteiger partial charge in [-0.2, -0.15) is 8.78 Å². The van der Waals surface area contributed by atoms with Crippen molar-refractivity contribution >= 4 is 0 Å². The maximum absolute atomic E-state index is 12.4. The number of halogens is 4. The Balaban J connectivity index is 2.24. The first-order valence-corrected chi connectivity index (χ1v) is 4.78. The van der Waals surface area contributed by atoms with E-state index in [4.69, 9.17) is 5.73 Å². The van der Waals surface area contributed by atoms with Gasteiger partial charge in [0.2, 0.25) is 0 Å². The van der Waals surface area contributed by atoms with Crippen LogP contribution in [-0.2, 0) is 17.8 Å². The van der Waals surface area contributed by atoms with Crippen LogP contribution in [0.4, 0.5) is 17.6 Å². The highest BCUT2D eigenvalue weighted by molar-refractivity contribution is 4.90. The lowest BCUT2D eigenvalue weighted by Crippen LogP contribution is -2.32. The number of rotatable bonds is 7. The Bertz CT molecular complexity index is 344. The molecule has 0 aliphatic rings. The van der Waals surface area contributed by atoms with Gasteiger partial charge in [-0.05, 0) is 0 Å². The lowest BCUT2D eigenvalue weighted by atomic mass is 10.4. The van der Waals surface area contributed by atoms with Gasteiger partial charge in [0, 0.05) is 12.7 Å². The molecule has 98 valence electrons. The van der Waals surface area contributed by atoms with E-state index in [9.17, 15) is 17.6 Å². The van der Waals surface area contributed by atoms with Crippen LogP contribution < -0.4 is 5.73 Å². The second-order valence-corrected chi connectivity index (χ2v) is 3.29. The molecule has 9 heteroatoms. The third kappa shape index (κ3) is 4.27. The lowest BCUT2D eigenvalue weighted by Gasteiger charge is -2.14. The zero-order chi connectivity index (χ0) is 12.9. The molecule has 1 rings (SSSR count). The highest BCUT2D eigenvalue weighted by atomic mass is 19.3. The predicted octanol–water partition coefficient (Wildman–Crippen LogP) is 0.654. The van der Waals surface area contributed by atoms with Crippen molar-refractivity contribution < 1.29 is 22.3 Å². The fraction of sp³-hybridized carbons (Fsp3) is 0.750. The number of ether oxygens (including phenoxy) is 1. The molecular weight excluding hydrogens is 244 g/mol. The number of aromatic nitrogens is 3. The third-order valence-electron chi connectivity index (χ3n) is 1.87. The summed E-state index contributed by atoms with van der Waals surface area (Å²) < 4.78 is 54.1. The van der Waals surface area contributed by atoms with Crippen LogP contribution in [0.15, 0.2) is 6.20 Å². The highest BCUT2D eigenvalue weighted by Crippen LogP contribution is 2.22. The monoisotopic (exact) mass is 256 g/mol. The summed E-state index contributed by atoms with van der Waals surface area (Å²) >= 11 is 0. The van der Waals surface area contributed by atoms with Gasteiger partial charge in [-0.25, -0.2) is 13.5 Å². The Labute approximate surface area is 94.5 Å². The smallest absolute Gasteiger partial charge is 0.330 e. The summed E-state index contributed by atoms with van der Waals surface area (Å²) in [7, 11) is 0. The molecule has 1 aromatic heterocycles. The van der Waals surface area contributed by atoms with Crippen LogP contribution in [0.25, 0.3) is 0 Å². The third-order valence-corrected chi connectivity index (χ3v) is 1.87. The van der Waals surface area contributed by atoms with E-state index in [2.05, 4.69) is 15.0 Å². The van der Waals surface area contributed by atoms with Crippen molar-refractivity contribution in [2.45, 2.75) is 25.4 Å². The maximum atomic E-state index is 12.4. The molecule has 0 aliphatic carbocycles. The van der Waals surface area contributed by atoms with Crippen molar-refractivity contribution in [3.8, 4) is 0 Å². The van der Waals surface area contributed by atoms with Crippen molar-refractivity contribution in [2.24, 2.45) is 5.73 Å².